The van der Waals surface area contributed by atoms with Crippen molar-refractivity contribution in [3.05, 3.63) is 166 Å². The molecule has 1 radical (unpaired) electrons. The molecular weight excluding hydrogens is 1160 g/mol. The van der Waals surface area contributed by atoms with Gasteiger partial charge in [-0.2, -0.15) is 6.42 Å². The van der Waals surface area contributed by atoms with Crippen molar-refractivity contribution in [3.63, 3.8) is 0 Å². The molecule has 2 N–H and O–H groups in total. The van der Waals surface area contributed by atoms with Gasteiger partial charge in [-0.3, -0.25) is 33.1 Å². The van der Waals surface area contributed by atoms with Crippen LogP contribution < -0.4 is 55.8 Å². The van der Waals surface area contributed by atoms with E-state index < -0.39 is 31.0 Å². The molecule has 7 aromatic rings. The second kappa shape index (κ2) is 25.8. The summed E-state index contributed by atoms with van der Waals surface area (Å²) in [6, 6.07) is 29.1. The second-order valence-electron chi connectivity index (χ2n) is 20.3. The summed E-state index contributed by atoms with van der Waals surface area (Å²) < 4.78 is 114. The van der Waals surface area contributed by atoms with Crippen LogP contribution in [0.25, 0.3) is 33.6 Å². The number of nitrogens with zero attached hydrogens (tertiary/aromatic N) is 3. The average molecular weight is 1220 g/mol. The molecule has 0 bridgehead atoms. The Labute approximate surface area is 496 Å². The number of alkyl halides is 6. The minimum atomic E-state index is -4.80. The van der Waals surface area contributed by atoms with Crippen LogP contribution in [0, 0.1) is 20.8 Å². The van der Waals surface area contributed by atoms with Gasteiger partial charge in [-0.15, -0.1) is 26.3 Å². The predicted octanol–water partition coefficient (Wildman–Crippen LogP) is 10.7. The fourth-order valence-corrected chi connectivity index (χ4v) is 8.98. The first-order valence-corrected chi connectivity index (χ1v) is 26.0. The van der Waals surface area contributed by atoms with Crippen LogP contribution in [0.15, 0.2) is 137 Å². The Hall–Kier alpha value is -8.44. The molecule has 4 aliphatic heterocycles. The third kappa shape index (κ3) is 14.9. The van der Waals surface area contributed by atoms with E-state index in [4.69, 9.17) is 23.5 Å². The van der Waals surface area contributed by atoms with Gasteiger partial charge in [0.1, 0.15) is 17.2 Å². The average Bonchev–Trinajstić information content (AvgIpc) is 2.27. The number of nitrogens with one attached hydrogen (secondary N) is 2. The maximum Gasteiger partial charge on any atom is 0.573 e. The number of likely N-dealkylation sites (N-methyl/N-ethyl adjacent to an activating group) is 1. The van der Waals surface area contributed by atoms with Crippen LogP contribution >= 0.6 is 0 Å². The van der Waals surface area contributed by atoms with Gasteiger partial charge < -0.3 is 55.5 Å². The fraction of sp³-hybridized carbons (Fsp3) is 0.267. The molecule has 3 amide bonds. The quantitative estimate of drug-likeness (QED) is 0.0875. The molecule has 17 nitrogen and oxygen atoms in total. The zero-order valence-corrected chi connectivity index (χ0v) is 48.6. The van der Waals surface area contributed by atoms with E-state index in [-0.39, 0.29) is 78.7 Å². The molecule has 1 fully saturated rings. The van der Waals surface area contributed by atoms with Gasteiger partial charge in [-0.25, -0.2) is 0 Å². The molecule has 0 aliphatic carbocycles. The first-order chi connectivity index (χ1) is 39.6. The number of aromatic nitrogens is 2. The van der Waals surface area contributed by atoms with Gasteiger partial charge in [-0.05, 0) is 119 Å². The van der Waals surface area contributed by atoms with Crippen LogP contribution in [0.1, 0.15) is 52.2 Å². The number of rotatable bonds is 7. The maximum absolute atomic E-state index is 12.6. The molecule has 445 valence electrons. The summed E-state index contributed by atoms with van der Waals surface area (Å²) in [5.41, 5.74) is 5.96. The van der Waals surface area contributed by atoms with Crippen LogP contribution in [0.2, 0.25) is 0 Å². The Balaban J connectivity index is 0.000000181. The number of hydrogen-bond donors (Lipinski definition) is 2. The van der Waals surface area contributed by atoms with Gasteiger partial charge in [0.15, 0.2) is 31.3 Å². The van der Waals surface area contributed by atoms with Crippen LogP contribution in [0.5, 0.6) is 28.7 Å². The van der Waals surface area contributed by atoms with Crippen molar-refractivity contribution in [3.8, 4) is 62.4 Å². The molecule has 0 atom stereocenters. The molecule has 4 aliphatic rings. The molecule has 0 spiro atoms. The number of benzene rings is 5. The Morgan fingerprint density at radius 1 is 0.576 bits per heavy atom. The molecule has 25 heteroatoms. The summed E-state index contributed by atoms with van der Waals surface area (Å²) >= 11 is 0. The number of para-hydroxylation sites is 3. The van der Waals surface area contributed by atoms with Crippen molar-refractivity contribution in [2.45, 2.75) is 78.8 Å². The zero-order valence-electron chi connectivity index (χ0n) is 47.2. The topological polar surface area (TPSA) is 187 Å². The molecule has 11 rings (SSSR count). The van der Waals surface area contributed by atoms with Gasteiger partial charge in [0.05, 0.1) is 28.3 Å². The summed E-state index contributed by atoms with van der Waals surface area (Å²) in [7, 11) is 1.16. The Bertz CT molecular complexity index is 3730. The van der Waals surface area contributed by atoms with Gasteiger partial charge >= 0.3 is 19.8 Å². The van der Waals surface area contributed by atoms with Crippen LogP contribution in [-0.4, -0.2) is 84.8 Å². The second-order valence-corrected chi connectivity index (χ2v) is 20.3. The van der Waals surface area contributed by atoms with E-state index in [0.29, 0.717) is 79.1 Å². The summed E-state index contributed by atoms with van der Waals surface area (Å²) in [5, 5.41) is 5.52. The van der Waals surface area contributed by atoms with E-state index in [1.807, 2.05) is 52.8 Å². The predicted molar refractivity (Wildman–Crippen MR) is 303 cm³/mol. The van der Waals surface area contributed by atoms with Gasteiger partial charge in [0.2, 0.25) is 0 Å². The molecule has 5 aromatic carbocycles. The number of carbonyl (C=O) groups excluding carboxylic acids is 3. The molecule has 6 heterocycles. The zero-order chi connectivity index (χ0) is 61.1. The van der Waals surface area contributed by atoms with Crippen molar-refractivity contribution >= 4 is 47.4 Å². The molecule has 85 heavy (non-hydrogen) atoms. The van der Waals surface area contributed by atoms with Crippen molar-refractivity contribution in [2.24, 2.45) is 0 Å². The van der Waals surface area contributed by atoms with E-state index in [1.54, 1.807) is 69.7 Å². The summed E-state index contributed by atoms with van der Waals surface area (Å²) in [4.78, 5) is 61.5. The van der Waals surface area contributed by atoms with Crippen LogP contribution in [0.3, 0.4) is 0 Å². The van der Waals surface area contributed by atoms with E-state index in [2.05, 4.69) is 27.0 Å². The fourth-order valence-electron chi connectivity index (χ4n) is 8.98. The monoisotopic (exact) mass is 1220 g/mol. The van der Waals surface area contributed by atoms with Crippen LogP contribution in [0.4, 0.5) is 43.4 Å². The van der Waals surface area contributed by atoms with E-state index in [9.17, 15) is 50.3 Å². The number of hydrogen-bond acceptors (Lipinski definition) is 12. The number of pyridine rings is 2. The van der Waals surface area contributed by atoms with E-state index in [1.165, 1.54) is 50.4 Å². The first-order valence-electron chi connectivity index (χ1n) is 26.0. The Morgan fingerprint density at radius 2 is 0.976 bits per heavy atom. The smallest absolute Gasteiger partial charge is 0.482 e. The molecule has 0 saturated carbocycles. The molecule has 1 saturated heterocycles. The van der Waals surface area contributed by atoms with Crippen molar-refractivity contribution in [1.82, 2.24) is 9.13 Å². The number of halogens is 6. The number of anilines is 3. The summed E-state index contributed by atoms with van der Waals surface area (Å²) in [5.74, 6) is 0.290. The Morgan fingerprint density at radius 3 is 1.44 bits per heavy atom. The van der Waals surface area contributed by atoms with Crippen molar-refractivity contribution < 1.29 is 92.3 Å². The van der Waals surface area contributed by atoms with Crippen molar-refractivity contribution in [1.29, 1.82) is 0 Å². The normalized spacial score (nSPS) is 15.3. The summed E-state index contributed by atoms with van der Waals surface area (Å²) in [6.45, 7) is 16.9. The van der Waals surface area contributed by atoms with Gasteiger partial charge in [0, 0.05) is 89.2 Å². The van der Waals surface area contributed by atoms with E-state index >= 15 is 0 Å². The Kier molecular flexibility index (Phi) is 19.5. The number of carbonyl (C=O) groups is 3. The van der Waals surface area contributed by atoms with Crippen molar-refractivity contribution in [2.75, 3.05) is 42.4 Å². The number of aryl methyl sites for hydroxylation is 2. The van der Waals surface area contributed by atoms with Gasteiger partial charge in [-0.1, -0.05) is 43.3 Å². The minimum absolute atomic E-state index is 0. The summed E-state index contributed by atoms with van der Waals surface area (Å²) in [6.07, 6.45) is -5.40. The standard InChI is InChI=1S/C22H17F3N2O4.C21H15F3N2O4.C14H18BNO4.C3H7.V/c1-13-10-19(28)27(14-6-8-15(9-7-14)31-22(23,24)25)11-17(13)16-4-3-5-18-21(16)30-12-20(29)26(18)2;1-12-9-19(28)26(13-5-7-14(8-6-13)30-21(22,23)24)10-16(12)15-3-2-4-17-20(15)29-11-18(27)25-17;1-13(2)14(3,4)20-15(19-13)9-6-5-7-10-12(9)18-8-11(17)16-10;1-3-2;/h3-11H,12H2,1-2H3;2-10H,11H2,1H3,(H,25,27);5-7H,8H2,1-4H3,(H,16,17);1,3H2,2H3;/q;;;-1;. The largest absolute Gasteiger partial charge is 0.573 e. The first kappa shape index (κ1) is 64.1. The third-order valence-electron chi connectivity index (χ3n) is 13.7. The number of ether oxygens (including phenoxy) is 5. The molecule has 0 unspecified atom stereocenters. The molecular formula is C60H57BF6N5O12V-. The van der Waals surface area contributed by atoms with Gasteiger partial charge in [0.25, 0.3) is 28.8 Å². The molecule has 2 aromatic heterocycles. The number of amides is 3. The van der Waals surface area contributed by atoms with E-state index in [0.717, 1.165) is 36.1 Å². The SMILES string of the molecule is CC1(C)OB(c2cccc3c2OCC(=O)N3)OC1(C)C.Cc1cc(=O)n(-c2ccc(OC(F)(F)F)cc2)cc1-c1cccc2c1OCC(=O)N2.Cc1cc(=O)n(-c2ccc(OC(F)(F)F)cc2)cc1-c1cccc2c1OCC(=O)N2C.[CH2-]CC.[V]. The maximum atomic E-state index is 12.6. The third-order valence-corrected chi connectivity index (χ3v) is 13.7. The minimum Gasteiger partial charge on any atom is -0.482 e. The van der Waals surface area contributed by atoms with Crippen LogP contribution in [-0.2, 0) is 42.2 Å². The number of fused-ring (bicyclic) bond motifs is 3.